The van der Waals surface area contributed by atoms with Crippen LogP contribution in [-0.2, 0) is 4.79 Å². The van der Waals surface area contributed by atoms with Gasteiger partial charge in [0.2, 0.25) is 0 Å². The van der Waals surface area contributed by atoms with E-state index in [1.807, 2.05) is 0 Å². The van der Waals surface area contributed by atoms with Crippen LogP contribution in [0.3, 0.4) is 0 Å². The van der Waals surface area contributed by atoms with Crippen LogP contribution in [0.2, 0.25) is 0 Å². The highest BCUT2D eigenvalue weighted by Crippen LogP contribution is 2.28. The first-order valence-corrected chi connectivity index (χ1v) is 7.28. The van der Waals surface area contributed by atoms with Gasteiger partial charge in [0.05, 0.1) is 0 Å². The molecule has 1 heterocycles. The zero-order valence-corrected chi connectivity index (χ0v) is 12.5. The maximum atomic E-state index is 12.2. The molecule has 2 N–H and O–H groups in total. The van der Waals surface area contributed by atoms with Crippen LogP contribution < -0.4 is 15.2 Å². The highest BCUT2D eigenvalue weighted by molar-refractivity contribution is 5.78. The molecule has 2 rings (SSSR count). The van der Waals surface area contributed by atoms with Crippen molar-refractivity contribution < 1.29 is 27.4 Å². The average Bonchev–Trinajstić information content (AvgIpc) is 2.99. The van der Waals surface area contributed by atoms with Crippen LogP contribution in [0.1, 0.15) is 6.42 Å². The number of amides is 1. The Morgan fingerprint density at radius 1 is 1.26 bits per heavy atom. The highest BCUT2D eigenvalue weighted by Gasteiger charge is 2.29. The number of ether oxygens (including phenoxy) is 2. The smallest absolute Gasteiger partial charge is 0.422 e. The molecular weight excluding hydrogens is 313 g/mol. The molecule has 1 unspecified atom stereocenters. The number of carbonyl (C=O) groups is 1. The van der Waals surface area contributed by atoms with Gasteiger partial charge in [0, 0.05) is 13.1 Å². The fraction of sp³-hybridized carbons (Fsp3) is 0.533. The van der Waals surface area contributed by atoms with Crippen molar-refractivity contribution in [1.29, 1.82) is 0 Å². The van der Waals surface area contributed by atoms with Crippen LogP contribution in [-0.4, -0.2) is 49.8 Å². The minimum Gasteiger partial charge on any atom is -0.480 e. The number of nitrogens with two attached hydrogens (primary N) is 1. The van der Waals surface area contributed by atoms with E-state index in [2.05, 4.69) is 0 Å². The molecule has 1 aromatic rings. The third kappa shape index (κ3) is 5.31. The third-order valence-electron chi connectivity index (χ3n) is 3.56. The number of likely N-dealkylation sites (tertiary alicyclic amines) is 1. The number of hydrogen-bond acceptors (Lipinski definition) is 4. The fourth-order valence-electron chi connectivity index (χ4n) is 2.33. The Morgan fingerprint density at radius 2 is 1.91 bits per heavy atom. The molecular formula is C15H19F3N2O3. The van der Waals surface area contributed by atoms with Gasteiger partial charge in [-0.2, -0.15) is 13.2 Å². The Hall–Kier alpha value is -1.96. The Morgan fingerprint density at radius 3 is 2.48 bits per heavy atom. The molecule has 0 aliphatic carbocycles. The van der Waals surface area contributed by atoms with Crippen molar-refractivity contribution in [1.82, 2.24) is 4.90 Å². The standard InChI is InChI=1S/C15H19F3N2O3/c16-15(17,18)10-23-13-4-2-1-3-12(13)22-9-14(21)20-6-5-11(7-19)8-20/h1-4,11H,5-10,19H2. The molecule has 0 radical (unpaired) electrons. The largest absolute Gasteiger partial charge is 0.480 e. The molecule has 1 aliphatic rings. The summed E-state index contributed by atoms with van der Waals surface area (Å²) in [4.78, 5) is 13.7. The summed E-state index contributed by atoms with van der Waals surface area (Å²) in [6.45, 7) is 0.0786. The van der Waals surface area contributed by atoms with E-state index >= 15 is 0 Å². The zero-order chi connectivity index (χ0) is 16.9. The number of carbonyl (C=O) groups excluding carboxylic acids is 1. The van der Waals surface area contributed by atoms with Crippen LogP contribution in [0.4, 0.5) is 13.2 Å². The van der Waals surface area contributed by atoms with Crippen molar-refractivity contribution in [3.05, 3.63) is 24.3 Å². The molecule has 8 heteroatoms. The van der Waals surface area contributed by atoms with Crippen LogP contribution in [0.15, 0.2) is 24.3 Å². The van der Waals surface area contributed by atoms with Crippen molar-refractivity contribution >= 4 is 5.91 Å². The first-order chi connectivity index (χ1) is 10.9. The number of nitrogens with zero attached hydrogens (tertiary/aromatic N) is 1. The van der Waals surface area contributed by atoms with E-state index in [1.165, 1.54) is 18.2 Å². The molecule has 1 amide bonds. The summed E-state index contributed by atoms with van der Waals surface area (Å²) in [5.41, 5.74) is 5.57. The molecule has 1 saturated heterocycles. The lowest BCUT2D eigenvalue weighted by Crippen LogP contribution is -2.33. The van der Waals surface area contributed by atoms with Crippen molar-refractivity contribution in [2.24, 2.45) is 11.7 Å². The van der Waals surface area contributed by atoms with Crippen LogP contribution in [0.5, 0.6) is 11.5 Å². The summed E-state index contributed by atoms with van der Waals surface area (Å²) in [6, 6.07) is 5.96. The Labute approximate surface area is 132 Å². The predicted molar refractivity (Wildman–Crippen MR) is 77.2 cm³/mol. The maximum Gasteiger partial charge on any atom is 0.422 e. The van der Waals surface area contributed by atoms with E-state index in [0.29, 0.717) is 25.6 Å². The highest BCUT2D eigenvalue weighted by atomic mass is 19.4. The van der Waals surface area contributed by atoms with E-state index in [0.717, 1.165) is 6.42 Å². The molecule has 128 valence electrons. The molecule has 5 nitrogen and oxygen atoms in total. The number of halogens is 3. The molecule has 23 heavy (non-hydrogen) atoms. The number of para-hydroxylation sites is 2. The minimum atomic E-state index is -4.43. The van der Waals surface area contributed by atoms with Gasteiger partial charge in [0.1, 0.15) is 0 Å². The fourth-order valence-corrected chi connectivity index (χ4v) is 2.33. The normalized spacial score (nSPS) is 18.1. The molecule has 0 spiro atoms. The average molecular weight is 332 g/mol. The van der Waals surface area contributed by atoms with Crippen molar-refractivity contribution in [2.45, 2.75) is 12.6 Å². The quantitative estimate of drug-likeness (QED) is 0.863. The molecule has 0 bridgehead atoms. The van der Waals surface area contributed by atoms with Gasteiger partial charge in [-0.15, -0.1) is 0 Å². The molecule has 0 saturated carbocycles. The van der Waals surface area contributed by atoms with E-state index < -0.39 is 12.8 Å². The molecule has 1 atom stereocenters. The second-order valence-electron chi connectivity index (χ2n) is 5.37. The first-order valence-electron chi connectivity index (χ1n) is 7.28. The van der Waals surface area contributed by atoms with Gasteiger partial charge >= 0.3 is 6.18 Å². The Kier molecular flexibility index (Phi) is 5.70. The molecule has 0 aromatic heterocycles. The van der Waals surface area contributed by atoms with Crippen LogP contribution in [0, 0.1) is 5.92 Å². The van der Waals surface area contributed by atoms with Crippen LogP contribution >= 0.6 is 0 Å². The SMILES string of the molecule is NCC1CCN(C(=O)COc2ccccc2OCC(F)(F)F)C1. The van der Waals surface area contributed by atoms with E-state index in [9.17, 15) is 18.0 Å². The zero-order valence-electron chi connectivity index (χ0n) is 12.5. The Bertz CT molecular complexity index is 537. The van der Waals surface area contributed by atoms with Crippen molar-refractivity contribution in [3.8, 4) is 11.5 Å². The summed E-state index contributed by atoms with van der Waals surface area (Å²) in [7, 11) is 0. The second kappa shape index (κ2) is 7.54. The summed E-state index contributed by atoms with van der Waals surface area (Å²) < 4.78 is 46.7. The van der Waals surface area contributed by atoms with Gasteiger partial charge in [0.25, 0.3) is 5.91 Å². The van der Waals surface area contributed by atoms with Crippen molar-refractivity contribution in [2.75, 3.05) is 32.8 Å². The van der Waals surface area contributed by atoms with Gasteiger partial charge in [-0.3, -0.25) is 4.79 Å². The van der Waals surface area contributed by atoms with E-state index in [1.54, 1.807) is 11.0 Å². The summed E-state index contributed by atoms with van der Waals surface area (Å²) in [6.07, 6.45) is -3.58. The van der Waals surface area contributed by atoms with Gasteiger partial charge < -0.3 is 20.1 Å². The van der Waals surface area contributed by atoms with E-state index in [-0.39, 0.29) is 24.0 Å². The number of rotatable bonds is 6. The summed E-state index contributed by atoms with van der Waals surface area (Å²) in [5.74, 6) is 0.145. The number of hydrogen-bond donors (Lipinski definition) is 1. The monoisotopic (exact) mass is 332 g/mol. The molecule has 1 aromatic carbocycles. The van der Waals surface area contributed by atoms with Gasteiger partial charge in [0.15, 0.2) is 24.7 Å². The van der Waals surface area contributed by atoms with Gasteiger partial charge in [-0.1, -0.05) is 12.1 Å². The lowest BCUT2D eigenvalue weighted by Gasteiger charge is -2.18. The topological polar surface area (TPSA) is 64.8 Å². The van der Waals surface area contributed by atoms with Crippen LogP contribution in [0.25, 0.3) is 0 Å². The lowest BCUT2D eigenvalue weighted by atomic mass is 10.1. The van der Waals surface area contributed by atoms with Gasteiger partial charge in [-0.05, 0) is 31.0 Å². The Balaban J connectivity index is 1.89. The lowest BCUT2D eigenvalue weighted by molar-refractivity contribution is -0.153. The summed E-state index contributed by atoms with van der Waals surface area (Å²) in [5, 5.41) is 0. The third-order valence-corrected chi connectivity index (χ3v) is 3.56. The number of alkyl halides is 3. The molecule has 1 aliphatic heterocycles. The number of benzene rings is 1. The van der Waals surface area contributed by atoms with Crippen molar-refractivity contribution in [3.63, 3.8) is 0 Å². The second-order valence-corrected chi connectivity index (χ2v) is 5.37. The minimum absolute atomic E-state index is 0.0427. The summed E-state index contributed by atoms with van der Waals surface area (Å²) >= 11 is 0. The maximum absolute atomic E-state index is 12.2. The molecule has 1 fully saturated rings. The van der Waals surface area contributed by atoms with E-state index in [4.69, 9.17) is 15.2 Å². The van der Waals surface area contributed by atoms with Gasteiger partial charge in [-0.25, -0.2) is 0 Å². The predicted octanol–water partition coefficient (Wildman–Crippen LogP) is 1.81. The first kappa shape index (κ1) is 17.4.